The maximum Gasteiger partial charge on any atom is 0.255 e. The summed E-state index contributed by atoms with van der Waals surface area (Å²) >= 11 is 6.12. The van der Waals surface area contributed by atoms with Crippen LogP contribution in [0.1, 0.15) is 22.3 Å². The van der Waals surface area contributed by atoms with Crippen molar-refractivity contribution in [2.24, 2.45) is 0 Å². The van der Waals surface area contributed by atoms with Gasteiger partial charge in [-0.15, -0.1) is 0 Å². The van der Waals surface area contributed by atoms with Gasteiger partial charge in [-0.05, 0) is 54.1 Å². The zero-order valence-electron chi connectivity index (χ0n) is 18.0. The molecular weight excluding hydrogens is 455 g/mol. The van der Waals surface area contributed by atoms with E-state index in [0.717, 1.165) is 22.6 Å². The van der Waals surface area contributed by atoms with Gasteiger partial charge in [0.15, 0.2) is 0 Å². The molecule has 8 heteroatoms. The average molecular weight is 475 g/mol. The first-order valence-electron chi connectivity index (χ1n) is 10.8. The summed E-state index contributed by atoms with van der Waals surface area (Å²) in [5.41, 5.74) is 3.50. The number of carbonyl (C=O) groups is 2. The zero-order chi connectivity index (χ0) is 23.7. The number of carbonyl (C=O) groups excluding carboxylic acids is 2. The van der Waals surface area contributed by atoms with Gasteiger partial charge in [-0.25, -0.2) is 9.07 Å². The highest BCUT2D eigenvalue weighted by atomic mass is 35.5. The first-order valence-corrected chi connectivity index (χ1v) is 11.1. The standard InChI is InChI=1S/C26H20ClFN4O2/c27-20-3-1-2-19(14-20)23-15-24-31(25(33)12-13-32(24)30-23)16-17-4-6-18(7-5-17)26(34)29-22-10-8-21(28)9-11-22/h1-11,14-15H,12-13,16H2,(H,29,34). The summed E-state index contributed by atoms with van der Waals surface area (Å²) in [5.74, 6) is 0.0830. The second-order valence-electron chi connectivity index (χ2n) is 8.01. The molecule has 0 saturated heterocycles. The molecule has 4 aromatic rings. The highest BCUT2D eigenvalue weighted by Gasteiger charge is 2.26. The molecule has 2 amide bonds. The molecule has 3 aromatic carbocycles. The van der Waals surface area contributed by atoms with Gasteiger partial charge in [-0.2, -0.15) is 5.10 Å². The number of aromatic nitrogens is 2. The number of nitrogens with zero attached hydrogens (tertiary/aromatic N) is 3. The second-order valence-corrected chi connectivity index (χ2v) is 8.45. The Balaban J connectivity index is 1.33. The lowest BCUT2D eigenvalue weighted by Crippen LogP contribution is -2.36. The minimum Gasteiger partial charge on any atom is -0.322 e. The Morgan fingerprint density at radius 3 is 2.53 bits per heavy atom. The first kappa shape index (κ1) is 21.9. The molecule has 0 unspecified atom stereocenters. The van der Waals surface area contributed by atoms with Crippen LogP contribution in [0.2, 0.25) is 5.02 Å². The summed E-state index contributed by atoms with van der Waals surface area (Å²) in [7, 11) is 0. The number of hydrogen-bond acceptors (Lipinski definition) is 3. The van der Waals surface area contributed by atoms with E-state index in [1.807, 2.05) is 41.1 Å². The Morgan fingerprint density at radius 2 is 1.79 bits per heavy atom. The van der Waals surface area contributed by atoms with Gasteiger partial charge in [-0.3, -0.25) is 14.5 Å². The quantitative estimate of drug-likeness (QED) is 0.413. The molecule has 2 heterocycles. The molecule has 0 aliphatic carbocycles. The second kappa shape index (κ2) is 9.11. The summed E-state index contributed by atoms with van der Waals surface area (Å²) in [5, 5.41) is 8.02. The monoisotopic (exact) mass is 474 g/mol. The minimum atomic E-state index is -0.365. The highest BCUT2D eigenvalue weighted by Crippen LogP contribution is 2.30. The van der Waals surface area contributed by atoms with E-state index in [1.54, 1.807) is 23.1 Å². The van der Waals surface area contributed by atoms with Gasteiger partial charge in [0.1, 0.15) is 11.6 Å². The lowest BCUT2D eigenvalue weighted by atomic mass is 10.1. The predicted octanol–water partition coefficient (Wildman–Crippen LogP) is 5.53. The van der Waals surface area contributed by atoms with Gasteiger partial charge in [0.05, 0.1) is 18.8 Å². The van der Waals surface area contributed by atoms with Crippen molar-refractivity contribution in [3.05, 3.63) is 101 Å². The van der Waals surface area contributed by atoms with Crippen LogP contribution in [0.15, 0.2) is 78.9 Å². The van der Waals surface area contributed by atoms with Crippen LogP contribution in [0.4, 0.5) is 15.9 Å². The Labute approximate surface area is 200 Å². The molecule has 1 aliphatic rings. The average Bonchev–Trinajstić information content (AvgIpc) is 3.28. The van der Waals surface area contributed by atoms with Crippen molar-refractivity contribution in [2.75, 3.05) is 10.2 Å². The molecule has 170 valence electrons. The molecule has 0 fully saturated rings. The molecule has 1 N–H and O–H groups in total. The van der Waals surface area contributed by atoms with E-state index in [-0.39, 0.29) is 17.6 Å². The molecule has 0 saturated carbocycles. The number of anilines is 2. The van der Waals surface area contributed by atoms with Gasteiger partial charge in [0, 0.05) is 34.3 Å². The molecule has 0 bridgehead atoms. The third kappa shape index (κ3) is 4.56. The first-order chi connectivity index (χ1) is 16.5. The zero-order valence-corrected chi connectivity index (χ0v) is 18.8. The van der Waals surface area contributed by atoms with Crippen molar-refractivity contribution in [3.8, 4) is 11.3 Å². The largest absolute Gasteiger partial charge is 0.322 e. The Bertz CT molecular complexity index is 1370. The Morgan fingerprint density at radius 1 is 1.03 bits per heavy atom. The van der Waals surface area contributed by atoms with Crippen LogP contribution in [-0.4, -0.2) is 21.6 Å². The van der Waals surface area contributed by atoms with E-state index in [0.29, 0.717) is 35.8 Å². The number of fused-ring (bicyclic) bond motifs is 1. The van der Waals surface area contributed by atoms with Crippen molar-refractivity contribution in [1.82, 2.24) is 9.78 Å². The normalized spacial score (nSPS) is 13.0. The number of halogens is 2. The highest BCUT2D eigenvalue weighted by molar-refractivity contribution is 6.30. The van der Waals surface area contributed by atoms with Crippen LogP contribution in [0.3, 0.4) is 0 Å². The lowest BCUT2D eigenvalue weighted by Gasteiger charge is -2.27. The summed E-state index contributed by atoms with van der Waals surface area (Å²) in [6.45, 7) is 0.882. The van der Waals surface area contributed by atoms with E-state index < -0.39 is 0 Å². The van der Waals surface area contributed by atoms with Crippen LogP contribution in [-0.2, 0) is 17.9 Å². The number of hydrogen-bond donors (Lipinski definition) is 1. The summed E-state index contributed by atoms with van der Waals surface area (Å²) < 4.78 is 14.9. The van der Waals surface area contributed by atoms with Gasteiger partial charge in [0.25, 0.3) is 5.91 Å². The molecule has 1 aliphatic heterocycles. The van der Waals surface area contributed by atoms with E-state index in [1.165, 1.54) is 24.3 Å². The number of nitrogens with one attached hydrogen (secondary N) is 1. The molecule has 1 aromatic heterocycles. The van der Waals surface area contributed by atoms with Crippen molar-refractivity contribution in [2.45, 2.75) is 19.5 Å². The van der Waals surface area contributed by atoms with Crippen molar-refractivity contribution >= 4 is 34.9 Å². The van der Waals surface area contributed by atoms with Crippen LogP contribution < -0.4 is 10.2 Å². The Hall–Kier alpha value is -3.97. The van der Waals surface area contributed by atoms with Crippen LogP contribution in [0.25, 0.3) is 11.3 Å². The summed E-state index contributed by atoms with van der Waals surface area (Å²) in [4.78, 5) is 26.9. The number of aryl methyl sites for hydroxylation is 1. The maximum absolute atomic E-state index is 13.1. The van der Waals surface area contributed by atoms with Gasteiger partial charge in [0.2, 0.25) is 5.91 Å². The third-order valence-corrected chi connectivity index (χ3v) is 5.89. The van der Waals surface area contributed by atoms with Crippen LogP contribution >= 0.6 is 11.6 Å². The molecule has 5 rings (SSSR count). The van der Waals surface area contributed by atoms with Gasteiger partial charge < -0.3 is 5.32 Å². The number of amides is 2. The maximum atomic E-state index is 13.1. The predicted molar refractivity (Wildman–Crippen MR) is 129 cm³/mol. The lowest BCUT2D eigenvalue weighted by molar-refractivity contribution is -0.119. The van der Waals surface area contributed by atoms with Crippen LogP contribution in [0.5, 0.6) is 0 Å². The summed E-state index contributed by atoms with van der Waals surface area (Å²) in [6, 6.07) is 22.0. The minimum absolute atomic E-state index is 0.0168. The molecule has 34 heavy (non-hydrogen) atoms. The van der Waals surface area contributed by atoms with E-state index in [2.05, 4.69) is 10.4 Å². The molecule has 0 radical (unpaired) electrons. The summed E-state index contributed by atoms with van der Waals surface area (Å²) in [6.07, 6.45) is 0.363. The number of benzene rings is 3. The van der Waals surface area contributed by atoms with Gasteiger partial charge >= 0.3 is 0 Å². The Kier molecular flexibility index (Phi) is 5.86. The number of rotatable bonds is 5. The SMILES string of the molecule is O=C(Nc1ccc(F)cc1)c1ccc(CN2C(=O)CCn3nc(-c4cccc(Cl)c4)cc32)cc1. The fourth-order valence-corrected chi connectivity index (χ4v) is 4.08. The van der Waals surface area contributed by atoms with Crippen molar-refractivity contribution in [1.29, 1.82) is 0 Å². The molecular formula is C26H20ClFN4O2. The topological polar surface area (TPSA) is 67.2 Å². The van der Waals surface area contributed by atoms with Crippen molar-refractivity contribution < 1.29 is 14.0 Å². The smallest absolute Gasteiger partial charge is 0.255 e. The van der Waals surface area contributed by atoms with E-state index in [9.17, 15) is 14.0 Å². The molecule has 6 nitrogen and oxygen atoms in total. The van der Waals surface area contributed by atoms with Crippen LogP contribution in [0, 0.1) is 5.82 Å². The van der Waals surface area contributed by atoms with E-state index >= 15 is 0 Å². The fourth-order valence-electron chi connectivity index (χ4n) is 3.89. The third-order valence-electron chi connectivity index (χ3n) is 5.65. The molecule has 0 atom stereocenters. The van der Waals surface area contributed by atoms with E-state index in [4.69, 9.17) is 11.6 Å². The van der Waals surface area contributed by atoms with Crippen molar-refractivity contribution in [3.63, 3.8) is 0 Å². The fraction of sp³-hybridized carbons (Fsp3) is 0.115. The molecule has 0 spiro atoms. The van der Waals surface area contributed by atoms with Gasteiger partial charge in [-0.1, -0.05) is 35.9 Å².